The van der Waals surface area contributed by atoms with Gasteiger partial charge in [-0.25, -0.2) is 0 Å². The Balaban J connectivity index is 1.37. The number of carbonyl (C=O) groups excluding carboxylic acids is 2. The summed E-state index contributed by atoms with van der Waals surface area (Å²) in [7, 11) is 0. The zero-order valence-electron chi connectivity index (χ0n) is 15.9. The average molecular weight is 377 g/mol. The van der Waals surface area contributed by atoms with E-state index in [2.05, 4.69) is 10.3 Å². The van der Waals surface area contributed by atoms with E-state index in [1.807, 2.05) is 60.4 Å². The number of piperidine rings is 1. The Morgan fingerprint density at radius 2 is 2.00 bits per heavy atom. The van der Waals surface area contributed by atoms with E-state index in [9.17, 15) is 9.59 Å². The van der Waals surface area contributed by atoms with Gasteiger partial charge in [-0.15, -0.1) is 0 Å². The van der Waals surface area contributed by atoms with Crippen LogP contribution in [0.15, 0.2) is 53.5 Å². The van der Waals surface area contributed by atoms with Gasteiger partial charge in [-0.2, -0.15) is 0 Å². The number of likely N-dealkylation sites (tertiary alicyclic amines) is 1. The molecule has 144 valence electrons. The van der Waals surface area contributed by atoms with Crippen molar-refractivity contribution < 1.29 is 14.3 Å². The highest BCUT2D eigenvalue weighted by Gasteiger charge is 2.36. The van der Waals surface area contributed by atoms with E-state index in [4.69, 9.17) is 4.74 Å². The van der Waals surface area contributed by atoms with Crippen molar-refractivity contribution in [3.8, 4) is 5.75 Å². The van der Waals surface area contributed by atoms with Crippen molar-refractivity contribution in [2.24, 2.45) is 10.9 Å². The number of amides is 1. The molecule has 1 N–H and O–H groups in total. The Bertz CT molecular complexity index is 921. The van der Waals surface area contributed by atoms with Crippen molar-refractivity contribution in [1.29, 1.82) is 0 Å². The number of ketones is 1. The lowest BCUT2D eigenvalue weighted by Crippen LogP contribution is -2.47. The van der Waals surface area contributed by atoms with Crippen LogP contribution in [0, 0.1) is 5.92 Å². The quantitative estimate of drug-likeness (QED) is 0.868. The molecule has 2 aliphatic heterocycles. The maximum atomic E-state index is 12.8. The normalized spacial score (nSPS) is 18.7. The van der Waals surface area contributed by atoms with Gasteiger partial charge >= 0.3 is 0 Å². The van der Waals surface area contributed by atoms with Crippen LogP contribution in [0.1, 0.15) is 23.7 Å². The lowest BCUT2D eigenvalue weighted by molar-refractivity contribution is -0.117. The van der Waals surface area contributed by atoms with Crippen molar-refractivity contribution >= 4 is 28.8 Å². The molecule has 2 heterocycles. The molecule has 0 spiro atoms. The summed E-state index contributed by atoms with van der Waals surface area (Å²) >= 11 is 0. The van der Waals surface area contributed by atoms with E-state index < -0.39 is 0 Å². The van der Waals surface area contributed by atoms with E-state index in [0.717, 1.165) is 29.4 Å². The van der Waals surface area contributed by atoms with Gasteiger partial charge in [0.05, 0.1) is 24.8 Å². The largest absolute Gasteiger partial charge is 0.494 e. The Morgan fingerprint density at radius 1 is 1.21 bits per heavy atom. The number of ether oxygens (including phenoxy) is 1. The van der Waals surface area contributed by atoms with Gasteiger partial charge in [-0.05, 0) is 49.7 Å². The third kappa shape index (κ3) is 3.82. The van der Waals surface area contributed by atoms with Crippen LogP contribution in [0.25, 0.3) is 0 Å². The van der Waals surface area contributed by atoms with Gasteiger partial charge in [0, 0.05) is 30.1 Å². The maximum absolute atomic E-state index is 12.8. The molecule has 2 aliphatic rings. The van der Waals surface area contributed by atoms with Crippen LogP contribution in [0.3, 0.4) is 0 Å². The summed E-state index contributed by atoms with van der Waals surface area (Å²) in [5.74, 6) is 0.548. The first-order chi connectivity index (χ1) is 13.6. The van der Waals surface area contributed by atoms with E-state index >= 15 is 0 Å². The second-order valence-corrected chi connectivity index (χ2v) is 7.03. The number of rotatable bonds is 5. The van der Waals surface area contributed by atoms with Crippen molar-refractivity contribution in [1.82, 2.24) is 4.90 Å². The molecule has 1 unspecified atom stereocenters. The first-order valence-corrected chi connectivity index (χ1v) is 9.60. The summed E-state index contributed by atoms with van der Waals surface area (Å²) in [5, 5.41) is 2.91. The number of hydrogen-bond acceptors (Lipinski definition) is 5. The molecule has 1 amide bonds. The number of hydrogen-bond donors (Lipinski definition) is 1. The summed E-state index contributed by atoms with van der Waals surface area (Å²) in [6, 6.07) is 14.8. The number of para-hydroxylation sites is 1. The van der Waals surface area contributed by atoms with Crippen LogP contribution in [-0.4, -0.2) is 48.5 Å². The summed E-state index contributed by atoms with van der Waals surface area (Å²) in [5.41, 5.74) is 3.11. The Hall–Kier alpha value is -2.99. The lowest BCUT2D eigenvalue weighted by atomic mass is 9.85. The molecular weight excluding hydrogens is 354 g/mol. The van der Waals surface area contributed by atoms with Gasteiger partial charge in [-0.1, -0.05) is 12.1 Å². The highest BCUT2D eigenvalue weighted by molar-refractivity contribution is 6.18. The second kappa shape index (κ2) is 7.94. The summed E-state index contributed by atoms with van der Waals surface area (Å²) < 4.78 is 5.41. The summed E-state index contributed by atoms with van der Waals surface area (Å²) in [6.45, 7) is 4.05. The molecule has 0 radical (unpaired) electrons. The van der Waals surface area contributed by atoms with E-state index in [1.165, 1.54) is 0 Å². The monoisotopic (exact) mass is 377 g/mol. The number of carbonyl (C=O) groups is 2. The SMILES string of the molecule is CCOc1ccc(NC(=O)CN2CCC3=Nc4ccccc4C(=O)C3C2)cc1. The minimum atomic E-state index is -0.248. The van der Waals surface area contributed by atoms with Gasteiger partial charge in [0.15, 0.2) is 5.78 Å². The third-order valence-electron chi connectivity index (χ3n) is 5.09. The number of nitrogens with zero attached hydrogens (tertiary/aromatic N) is 2. The molecule has 1 atom stereocenters. The van der Waals surface area contributed by atoms with Crippen molar-refractivity contribution in [3.63, 3.8) is 0 Å². The smallest absolute Gasteiger partial charge is 0.238 e. The van der Waals surface area contributed by atoms with E-state index in [0.29, 0.717) is 25.1 Å². The Labute approximate surface area is 164 Å². The number of fused-ring (bicyclic) bond motifs is 2. The van der Waals surface area contributed by atoms with Crippen LogP contribution < -0.4 is 10.1 Å². The van der Waals surface area contributed by atoms with Crippen molar-refractivity contribution in [2.75, 3.05) is 31.6 Å². The molecule has 0 aromatic heterocycles. The third-order valence-corrected chi connectivity index (χ3v) is 5.09. The van der Waals surface area contributed by atoms with Crippen LogP contribution >= 0.6 is 0 Å². The molecule has 4 rings (SSSR count). The van der Waals surface area contributed by atoms with Gasteiger partial charge in [0.2, 0.25) is 5.91 Å². The molecule has 6 nitrogen and oxygen atoms in total. The molecule has 2 aromatic rings. The first kappa shape index (κ1) is 18.4. The Kier molecular flexibility index (Phi) is 5.21. The zero-order chi connectivity index (χ0) is 19.5. The van der Waals surface area contributed by atoms with Gasteiger partial charge < -0.3 is 10.1 Å². The molecule has 6 heteroatoms. The van der Waals surface area contributed by atoms with Gasteiger partial charge in [0.25, 0.3) is 0 Å². The number of benzene rings is 2. The lowest BCUT2D eigenvalue weighted by Gasteiger charge is -2.34. The molecule has 1 saturated heterocycles. The highest BCUT2D eigenvalue weighted by atomic mass is 16.5. The van der Waals surface area contributed by atoms with Crippen molar-refractivity contribution in [2.45, 2.75) is 13.3 Å². The number of Topliss-reactive ketones (excluding diaryl/α,β-unsaturated/α-hetero) is 1. The van der Waals surface area contributed by atoms with Crippen LogP contribution in [0.2, 0.25) is 0 Å². The molecule has 0 saturated carbocycles. The maximum Gasteiger partial charge on any atom is 0.238 e. The highest BCUT2D eigenvalue weighted by Crippen LogP contribution is 2.31. The van der Waals surface area contributed by atoms with Crippen molar-refractivity contribution in [3.05, 3.63) is 54.1 Å². The Morgan fingerprint density at radius 3 is 2.79 bits per heavy atom. The van der Waals surface area contributed by atoms with Gasteiger partial charge in [-0.3, -0.25) is 19.5 Å². The van der Waals surface area contributed by atoms with Crippen LogP contribution in [0.4, 0.5) is 11.4 Å². The molecule has 28 heavy (non-hydrogen) atoms. The number of aliphatic imine (C=N–C) groups is 1. The standard InChI is InChI=1S/C22H23N3O3/c1-2-28-16-9-7-15(8-10-16)23-21(26)14-25-12-11-20-18(13-25)22(27)17-5-3-4-6-19(17)24-20/h3-10,18H,2,11-14H2,1H3,(H,23,26). The molecular formula is C22H23N3O3. The number of nitrogens with one attached hydrogen (secondary N) is 1. The number of anilines is 1. The van der Waals surface area contributed by atoms with Crippen LogP contribution in [0.5, 0.6) is 5.75 Å². The average Bonchev–Trinajstić information content (AvgIpc) is 2.70. The zero-order valence-corrected chi connectivity index (χ0v) is 15.9. The minimum Gasteiger partial charge on any atom is -0.494 e. The van der Waals surface area contributed by atoms with Gasteiger partial charge in [0.1, 0.15) is 5.75 Å². The predicted octanol–water partition coefficient (Wildman–Crippen LogP) is 3.31. The molecule has 1 fully saturated rings. The minimum absolute atomic E-state index is 0.0896. The second-order valence-electron chi connectivity index (χ2n) is 7.03. The fourth-order valence-electron chi connectivity index (χ4n) is 3.74. The van der Waals surface area contributed by atoms with E-state index in [-0.39, 0.29) is 24.2 Å². The van der Waals surface area contributed by atoms with E-state index in [1.54, 1.807) is 0 Å². The first-order valence-electron chi connectivity index (χ1n) is 9.60. The fraction of sp³-hybridized carbons (Fsp3) is 0.318. The molecule has 0 aliphatic carbocycles. The molecule has 2 aromatic carbocycles. The summed E-state index contributed by atoms with van der Waals surface area (Å²) in [6.07, 6.45) is 0.709. The topological polar surface area (TPSA) is 71.0 Å². The van der Waals surface area contributed by atoms with Crippen LogP contribution in [-0.2, 0) is 4.79 Å². The molecule has 0 bridgehead atoms. The fourth-order valence-corrected chi connectivity index (χ4v) is 3.74. The predicted molar refractivity (Wildman–Crippen MR) is 109 cm³/mol. The summed E-state index contributed by atoms with van der Waals surface area (Å²) in [4.78, 5) is 32.0.